The molecule has 2 fully saturated rings. The highest BCUT2D eigenvalue weighted by Crippen LogP contribution is 2.29. The lowest BCUT2D eigenvalue weighted by Crippen LogP contribution is -2.48. The molecule has 0 amide bonds. The summed E-state index contributed by atoms with van der Waals surface area (Å²) in [5, 5.41) is 3.47. The fraction of sp³-hybridized carbons (Fsp3) is 1.00. The van der Waals surface area contributed by atoms with Gasteiger partial charge >= 0.3 is 0 Å². The van der Waals surface area contributed by atoms with E-state index in [-0.39, 0.29) is 12.0 Å². The Hall–Kier alpha value is -0.0900. The number of hydrogen-bond donors (Lipinski definition) is 1. The molecule has 0 radical (unpaired) electrons. The Balaban J connectivity index is 1.87. The lowest BCUT2D eigenvalue weighted by molar-refractivity contribution is 0.215. The first-order valence-corrected chi connectivity index (χ1v) is 7.25. The van der Waals surface area contributed by atoms with Crippen LogP contribution < -0.4 is 5.32 Å². The fourth-order valence-corrected chi connectivity index (χ4v) is 4.72. The first-order valence-electron chi connectivity index (χ1n) is 5.43. The van der Waals surface area contributed by atoms with E-state index in [1.54, 1.807) is 0 Å². The van der Waals surface area contributed by atoms with Gasteiger partial charge in [-0.1, -0.05) is 13.8 Å². The van der Waals surface area contributed by atoms with Gasteiger partial charge in [0.05, 0.1) is 11.5 Å². The number of rotatable bonds is 2. The second-order valence-electron chi connectivity index (χ2n) is 5.10. The zero-order valence-corrected chi connectivity index (χ0v) is 9.68. The third kappa shape index (κ3) is 2.11. The summed E-state index contributed by atoms with van der Waals surface area (Å²) in [6, 6.07) is 0.781. The molecule has 0 aromatic carbocycles. The van der Waals surface area contributed by atoms with Gasteiger partial charge in [-0.25, -0.2) is 8.42 Å². The van der Waals surface area contributed by atoms with Crippen molar-refractivity contribution in [3.05, 3.63) is 0 Å². The highest BCUT2D eigenvalue weighted by atomic mass is 32.2. The van der Waals surface area contributed by atoms with Crippen LogP contribution in [0.15, 0.2) is 0 Å². The van der Waals surface area contributed by atoms with Crippen LogP contribution in [0, 0.1) is 11.8 Å². The SMILES string of the molecule is CC1CC(N[C@@H]2CS(=O)(=O)C[C@H]2C)C1. The van der Waals surface area contributed by atoms with Gasteiger partial charge in [0.1, 0.15) is 0 Å². The predicted molar refractivity (Wildman–Crippen MR) is 56.9 cm³/mol. The van der Waals surface area contributed by atoms with Crippen molar-refractivity contribution in [2.75, 3.05) is 11.5 Å². The third-order valence-corrected chi connectivity index (χ3v) is 5.36. The minimum absolute atomic E-state index is 0.206. The van der Waals surface area contributed by atoms with Crippen molar-refractivity contribution < 1.29 is 8.42 Å². The van der Waals surface area contributed by atoms with Gasteiger partial charge in [0.25, 0.3) is 0 Å². The van der Waals surface area contributed by atoms with E-state index >= 15 is 0 Å². The van der Waals surface area contributed by atoms with Crippen LogP contribution in [0.25, 0.3) is 0 Å². The Morgan fingerprint density at radius 3 is 2.21 bits per heavy atom. The monoisotopic (exact) mass is 217 g/mol. The van der Waals surface area contributed by atoms with Crippen LogP contribution in [0.5, 0.6) is 0 Å². The molecular formula is C10H19NO2S. The standard InChI is InChI=1S/C10H19NO2S/c1-7-3-9(4-7)11-10-6-14(12,13)5-8(10)2/h7-11H,3-6H2,1-2H3/t7?,8-,9?,10-/m1/s1. The molecule has 0 aromatic rings. The zero-order valence-electron chi connectivity index (χ0n) is 8.86. The van der Waals surface area contributed by atoms with E-state index in [1.165, 1.54) is 12.8 Å². The maximum Gasteiger partial charge on any atom is 0.152 e. The molecular weight excluding hydrogens is 198 g/mol. The molecule has 1 saturated heterocycles. The minimum Gasteiger partial charge on any atom is -0.310 e. The highest BCUT2D eigenvalue weighted by molar-refractivity contribution is 7.91. The van der Waals surface area contributed by atoms with Gasteiger partial charge in [0.2, 0.25) is 0 Å². The summed E-state index contributed by atoms with van der Waals surface area (Å²) < 4.78 is 22.7. The Morgan fingerprint density at radius 2 is 1.79 bits per heavy atom. The van der Waals surface area contributed by atoms with E-state index in [1.807, 2.05) is 6.92 Å². The zero-order chi connectivity index (χ0) is 10.3. The molecule has 2 atom stereocenters. The van der Waals surface area contributed by atoms with E-state index in [0.29, 0.717) is 17.5 Å². The lowest BCUT2D eigenvalue weighted by atomic mass is 9.81. The summed E-state index contributed by atoms with van der Waals surface area (Å²) in [6.45, 7) is 4.28. The topological polar surface area (TPSA) is 46.2 Å². The summed E-state index contributed by atoms with van der Waals surface area (Å²) in [7, 11) is -2.75. The van der Waals surface area contributed by atoms with E-state index in [9.17, 15) is 8.42 Å². The second kappa shape index (κ2) is 3.49. The smallest absolute Gasteiger partial charge is 0.152 e. The molecule has 4 heteroatoms. The summed E-state index contributed by atoms with van der Waals surface area (Å²) in [4.78, 5) is 0. The van der Waals surface area contributed by atoms with Gasteiger partial charge in [-0.3, -0.25) is 0 Å². The largest absolute Gasteiger partial charge is 0.310 e. The van der Waals surface area contributed by atoms with Crippen LogP contribution in [0.3, 0.4) is 0 Å². The maximum atomic E-state index is 11.4. The average molecular weight is 217 g/mol. The van der Waals surface area contributed by atoms with Crippen molar-refractivity contribution in [1.29, 1.82) is 0 Å². The van der Waals surface area contributed by atoms with Crippen molar-refractivity contribution in [2.45, 2.75) is 38.8 Å². The molecule has 1 aliphatic heterocycles. The molecule has 2 rings (SSSR count). The fourth-order valence-electron chi connectivity index (χ4n) is 2.58. The van der Waals surface area contributed by atoms with Crippen LogP contribution in [0.4, 0.5) is 0 Å². The van der Waals surface area contributed by atoms with Crippen LogP contribution in [-0.4, -0.2) is 32.0 Å². The molecule has 1 saturated carbocycles. The molecule has 0 aromatic heterocycles. The molecule has 0 unspecified atom stereocenters. The van der Waals surface area contributed by atoms with Crippen molar-refractivity contribution in [3.8, 4) is 0 Å². The van der Waals surface area contributed by atoms with E-state index in [4.69, 9.17) is 0 Å². The quantitative estimate of drug-likeness (QED) is 0.744. The van der Waals surface area contributed by atoms with Gasteiger partial charge in [0, 0.05) is 12.1 Å². The van der Waals surface area contributed by atoms with Crippen LogP contribution >= 0.6 is 0 Å². The predicted octanol–water partition coefficient (Wildman–Crippen LogP) is 0.808. The summed E-state index contributed by atoms with van der Waals surface area (Å²) in [6.07, 6.45) is 2.42. The first kappa shape index (κ1) is 10.4. The summed E-state index contributed by atoms with van der Waals surface area (Å²) in [5.74, 6) is 1.82. The summed E-state index contributed by atoms with van der Waals surface area (Å²) in [5.41, 5.74) is 0. The van der Waals surface area contributed by atoms with Crippen molar-refractivity contribution in [3.63, 3.8) is 0 Å². The second-order valence-corrected chi connectivity index (χ2v) is 7.25. The molecule has 1 aliphatic carbocycles. The number of nitrogens with one attached hydrogen (secondary N) is 1. The van der Waals surface area contributed by atoms with E-state index in [0.717, 1.165) is 5.92 Å². The van der Waals surface area contributed by atoms with Crippen molar-refractivity contribution >= 4 is 9.84 Å². The van der Waals surface area contributed by atoms with Gasteiger partial charge in [-0.15, -0.1) is 0 Å². The average Bonchev–Trinajstić information content (AvgIpc) is 2.22. The Morgan fingerprint density at radius 1 is 1.14 bits per heavy atom. The van der Waals surface area contributed by atoms with Gasteiger partial charge < -0.3 is 5.32 Å². The normalized spacial score (nSPS) is 46.1. The summed E-state index contributed by atoms with van der Waals surface area (Å²) >= 11 is 0. The van der Waals surface area contributed by atoms with E-state index in [2.05, 4.69) is 12.2 Å². The van der Waals surface area contributed by atoms with Gasteiger partial charge in [-0.05, 0) is 24.7 Å². The molecule has 14 heavy (non-hydrogen) atoms. The van der Waals surface area contributed by atoms with Crippen LogP contribution in [0.1, 0.15) is 26.7 Å². The molecule has 0 spiro atoms. The highest BCUT2D eigenvalue weighted by Gasteiger charge is 2.37. The first-order chi connectivity index (χ1) is 6.46. The maximum absolute atomic E-state index is 11.4. The molecule has 3 nitrogen and oxygen atoms in total. The molecule has 1 heterocycles. The minimum atomic E-state index is -2.75. The molecule has 82 valence electrons. The van der Waals surface area contributed by atoms with Gasteiger partial charge in [0.15, 0.2) is 9.84 Å². The van der Waals surface area contributed by atoms with Crippen LogP contribution in [0.2, 0.25) is 0 Å². The Bertz CT molecular complexity index is 306. The number of sulfone groups is 1. The lowest BCUT2D eigenvalue weighted by Gasteiger charge is -2.36. The van der Waals surface area contributed by atoms with Crippen molar-refractivity contribution in [2.24, 2.45) is 11.8 Å². The molecule has 1 N–H and O–H groups in total. The number of hydrogen-bond acceptors (Lipinski definition) is 3. The van der Waals surface area contributed by atoms with Crippen molar-refractivity contribution in [1.82, 2.24) is 5.32 Å². The molecule has 2 aliphatic rings. The van der Waals surface area contributed by atoms with Crippen LogP contribution in [-0.2, 0) is 9.84 Å². The Kier molecular flexibility index (Phi) is 2.60. The third-order valence-electron chi connectivity index (χ3n) is 3.46. The van der Waals surface area contributed by atoms with Gasteiger partial charge in [-0.2, -0.15) is 0 Å². The molecule has 0 bridgehead atoms. The van der Waals surface area contributed by atoms with E-state index < -0.39 is 9.84 Å². The Labute approximate surface area is 86.2 Å².